The van der Waals surface area contributed by atoms with Crippen molar-refractivity contribution in [1.29, 1.82) is 0 Å². The minimum Gasteiger partial charge on any atom is -0.462 e. The van der Waals surface area contributed by atoms with E-state index >= 15 is 0 Å². The van der Waals surface area contributed by atoms with Gasteiger partial charge >= 0.3 is 23.9 Å². The Hall–Kier alpha value is -3.65. The summed E-state index contributed by atoms with van der Waals surface area (Å²) in [6.45, 7) is 5.72. The van der Waals surface area contributed by atoms with Gasteiger partial charge in [0.1, 0.15) is 12.7 Å². The summed E-state index contributed by atoms with van der Waals surface area (Å²) in [7, 11) is 0. The van der Waals surface area contributed by atoms with E-state index in [2.05, 4.69) is 0 Å². The molecule has 1 aromatic carbocycles. The number of benzene rings is 1. The number of hydrogen-bond acceptors (Lipinski definition) is 12. The fourth-order valence-electron chi connectivity index (χ4n) is 3.77. The van der Waals surface area contributed by atoms with Crippen molar-refractivity contribution in [1.82, 2.24) is 4.90 Å². The smallest absolute Gasteiger partial charge is 0.303 e. The molecule has 0 amide bonds. The van der Waals surface area contributed by atoms with Crippen LogP contribution in [0.1, 0.15) is 46.4 Å². The zero-order chi connectivity index (χ0) is 27.9. The maximum Gasteiger partial charge on any atom is 0.303 e. The van der Waals surface area contributed by atoms with Crippen molar-refractivity contribution < 1.29 is 47.8 Å². The first kappa shape index (κ1) is 29.6. The van der Waals surface area contributed by atoms with Gasteiger partial charge in [-0.05, 0) is 19.1 Å². The predicted molar refractivity (Wildman–Crippen MR) is 129 cm³/mol. The Morgan fingerprint density at radius 2 is 1.57 bits per heavy atom. The third-order valence-corrected chi connectivity index (χ3v) is 5.42. The fraction of sp³-hybridized carbons (Fsp3) is 0.522. The van der Waals surface area contributed by atoms with E-state index in [9.17, 15) is 29.3 Å². The van der Waals surface area contributed by atoms with Crippen molar-refractivity contribution in [3.63, 3.8) is 0 Å². The van der Waals surface area contributed by atoms with Crippen LogP contribution in [-0.2, 0) is 42.9 Å². The molecule has 13 nitrogen and oxygen atoms in total. The Morgan fingerprint density at radius 3 is 2.03 bits per heavy atom. The minimum absolute atomic E-state index is 0.0626. The first-order valence-electron chi connectivity index (χ1n) is 11.1. The molecule has 1 heterocycles. The van der Waals surface area contributed by atoms with E-state index in [1.165, 1.54) is 24.3 Å². The second kappa shape index (κ2) is 13.1. The van der Waals surface area contributed by atoms with Gasteiger partial charge in [-0.25, -0.2) is 0 Å². The molecule has 0 saturated carbocycles. The SMILES string of the molecule is CC(=O)OC[C@@H](OC(C)=O)[C@@H](OC(C)=O)[C@H](OC(C)=O)[C@@H]1CN(C(C)=S)[C@@H](c2ccc([N+](=O)[O-])cc2)O1. The summed E-state index contributed by atoms with van der Waals surface area (Å²) in [4.78, 5) is 59.8. The Bertz CT molecular complexity index is 1050. The van der Waals surface area contributed by atoms with Crippen LogP contribution in [0.25, 0.3) is 0 Å². The number of ether oxygens (including phenoxy) is 5. The van der Waals surface area contributed by atoms with Gasteiger partial charge in [0, 0.05) is 45.4 Å². The summed E-state index contributed by atoms with van der Waals surface area (Å²) in [5.41, 5.74) is 0.408. The van der Waals surface area contributed by atoms with Crippen LogP contribution in [0.2, 0.25) is 0 Å². The van der Waals surface area contributed by atoms with Gasteiger partial charge in [-0.1, -0.05) is 12.2 Å². The van der Waals surface area contributed by atoms with Gasteiger partial charge in [0.15, 0.2) is 24.5 Å². The average Bonchev–Trinajstić information content (AvgIpc) is 3.24. The lowest BCUT2D eigenvalue weighted by molar-refractivity contribution is -0.384. The molecule has 14 heteroatoms. The second-order valence-electron chi connectivity index (χ2n) is 8.15. The number of hydrogen-bond donors (Lipinski definition) is 0. The van der Waals surface area contributed by atoms with E-state index < -0.39 is 66.1 Å². The third-order valence-electron chi connectivity index (χ3n) is 5.19. The number of nitro benzene ring substituents is 1. The molecule has 0 radical (unpaired) electrons. The normalized spacial score (nSPS) is 19.2. The summed E-state index contributed by atoms with van der Waals surface area (Å²) in [6, 6.07) is 5.63. The van der Waals surface area contributed by atoms with E-state index in [-0.39, 0.29) is 12.2 Å². The Labute approximate surface area is 218 Å². The van der Waals surface area contributed by atoms with Crippen molar-refractivity contribution in [2.24, 2.45) is 0 Å². The lowest BCUT2D eigenvalue weighted by Crippen LogP contribution is -2.53. The minimum atomic E-state index is -1.42. The lowest BCUT2D eigenvalue weighted by atomic mass is 10.0. The van der Waals surface area contributed by atoms with Crippen LogP contribution in [0.5, 0.6) is 0 Å². The van der Waals surface area contributed by atoms with E-state index in [1.807, 2.05) is 0 Å². The van der Waals surface area contributed by atoms with Gasteiger partial charge in [-0.3, -0.25) is 29.3 Å². The average molecular weight is 541 g/mol. The Balaban J connectivity index is 2.48. The predicted octanol–water partition coefficient (Wildman–Crippen LogP) is 2.00. The molecule has 202 valence electrons. The van der Waals surface area contributed by atoms with Crippen LogP contribution >= 0.6 is 12.2 Å². The molecule has 37 heavy (non-hydrogen) atoms. The number of rotatable bonds is 10. The van der Waals surface area contributed by atoms with Crippen molar-refractivity contribution in [3.8, 4) is 0 Å². The maximum absolute atomic E-state index is 12.1. The maximum atomic E-state index is 12.1. The Kier molecular flexibility index (Phi) is 10.4. The number of carbonyl (C=O) groups excluding carboxylic acids is 4. The monoisotopic (exact) mass is 540 g/mol. The molecule has 2 rings (SSSR count). The van der Waals surface area contributed by atoms with Crippen molar-refractivity contribution in [3.05, 3.63) is 39.9 Å². The van der Waals surface area contributed by atoms with Crippen LogP contribution < -0.4 is 0 Å². The molecule has 0 aromatic heterocycles. The molecule has 1 saturated heterocycles. The highest BCUT2D eigenvalue weighted by atomic mass is 32.1. The summed E-state index contributed by atoms with van der Waals surface area (Å²) in [5, 5.41) is 11.0. The molecule has 5 atom stereocenters. The highest BCUT2D eigenvalue weighted by molar-refractivity contribution is 7.80. The summed E-state index contributed by atoms with van der Waals surface area (Å²) >= 11 is 5.36. The quantitative estimate of drug-likeness (QED) is 0.139. The van der Waals surface area contributed by atoms with Crippen LogP contribution in [0.3, 0.4) is 0 Å². The Morgan fingerprint density at radius 1 is 1.00 bits per heavy atom. The molecule has 1 aromatic rings. The van der Waals surface area contributed by atoms with Crippen molar-refractivity contribution in [2.75, 3.05) is 13.2 Å². The number of non-ortho nitro benzene ring substituents is 1. The van der Waals surface area contributed by atoms with Crippen LogP contribution in [0.4, 0.5) is 5.69 Å². The second-order valence-corrected chi connectivity index (χ2v) is 8.74. The fourth-order valence-corrected chi connectivity index (χ4v) is 3.94. The largest absolute Gasteiger partial charge is 0.462 e. The molecular formula is C23H28N2O11S. The first-order chi connectivity index (χ1) is 17.3. The highest BCUT2D eigenvalue weighted by Crippen LogP contribution is 2.35. The van der Waals surface area contributed by atoms with Gasteiger partial charge in [-0.15, -0.1) is 0 Å². The summed E-state index contributed by atoms with van der Waals surface area (Å²) < 4.78 is 27.3. The zero-order valence-electron chi connectivity index (χ0n) is 20.9. The van der Waals surface area contributed by atoms with Crippen LogP contribution in [0, 0.1) is 10.1 Å². The van der Waals surface area contributed by atoms with Crippen molar-refractivity contribution in [2.45, 2.75) is 65.3 Å². The topological polar surface area (TPSA) is 161 Å². The highest BCUT2D eigenvalue weighted by Gasteiger charge is 2.48. The molecule has 1 aliphatic heterocycles. The molecule has 0 unspecified atom stereocenters. The summed E-state index contributed by atoms with van der Waals surface area (Å²) in [6.07, 6.45) is -5.86. The molecule has 0 aliphatic carbocycles. The van der Waals surface area contributed by atoms with E-state index in [0.717, 1.165) is 27.7 Å². The number of thiocarbonyl (C=S) groups is 1. The van der Waals surface area contributed by atoms with Crippen LogP contribution in [0.15, 0.2) is 24.3 Å². The number of nitro groups is 1. The molecule has 0 N–H and O–H groups in total. The van der Waals surface area contributed by atoms with E-state index in [1.54, 1.807) is 11.8 Å². The third kappa shape index (κ3) is 8.46. The number of carbonyl (C=O) groups is 4. The summed E-state index contributed by atoms with van der Waals surface area (Å²) in [5.74, 6) is -2.97. The van der Waals surface area contributed by atoms with E-state index in [0.29, 0.717) is 10.6 Å². The van der Waals surface area contributed by atoms with E-state index in [4.69, 9.17) is 35.9 Å². The zero-order valence-corrected chi connectivity index (χ0v) is 21.7. The van der Waals surface area contributed by atoms with Gasteiger partial charge in [-0.2, -0.15) is 0 Å². The molecular weight excluding hydrogens is 512 g/mol. The molecule has 0 bridgehead atoms. The number of esters is 4. The lowest BCUT2D eigenvalue weighted by Gasteiger charge is -2.34. The van der Waals surface area contributed by atoms with Crippen molar-refractivity contribution >= 4 is 46.8 Å². The standard InChI is InChI=1S/C23H28N2O11S/c1-12(37)24-10-19(36-23(24)17-6-8-18(9-7-17)25(30)31)21(34-15(4)28)22(35-16(5)29)20(33-14(3)27)11-32-13(2)26/h6-9,19-23H,10-11H2,1-5H3/t19-,20+,21+,22+,23+/m0/s1. The molecule has 1 aliphatic rings. The van der Waals surface area contributed by atoms with Gasteiger partial charge < -0.3 is 28.6 Å². The number of nitrogens with zero attached hydrogens (tertiary/aromatic N) is 2. The van der Waals surface area contributed by atoms with Gasteiger partial charge in [0.2, 0.25) is 0 Å². The van der Waals surface area contributed by atoms with Gasteiger partial charge in [0.25, 0.3) is 5.69 Å². The molecule has 1 fully saturated rings. The van der Waals surface area contributed by atoms with Crippen LogP contribution in [-0.4, -0.2) is 76.3 Å². The first-order valence-corrected chi connectivity index (χ1v) is 11.5. The molecule has 0 spiro atoms. The van der Waals surface area contributed by atoms with Gasteiger partial charge in [0.05, 0.1) is 16.5 Å².